The maximum atomic E-state index is 4.26. The molecule has 0 amide bonds. The quantitative estimate of drug-likeness (QED) is 0.641. The van der Waals surface area contributed by atoms with Gasteiger partial charge in [0.2, 0.25) is 0 Å². The van der Waals surface area contributed by atoms with Gasteiger partial charge >= 0.3 is 0 Å². The molecule has 0 fully saturated rings. The Bertz CT molecular complexity index is 468. The van der Waals surface area contributed by atoms with Gasteiger partial charge in [-0.25, -0.2) is 0 Å². The van der Waals surface area contributed by atoms with Gasteiger partial charge in [0.15, 0.2) is 0 Å². The fourth-order valence-corrected chi connectivity index (χ4v) is 1.46. The molecule has 0 saturated carbocycles. The average molecular weight is 210 g/mol. The minimum absolute atomic E-state index is 0.922. The van der Waals surface area contributed by atoms with Crippen LogP contribution in [0.1, 0.15) is 11.1 Å². The molecular weight excluding hydrogens is 196 g/mol. The third kappa shape index (κ3) is 2.34. The first-order valence-corrected chi connectivity index (χ1v) is 5.30. The summed E-state index contributed by atoms with van der Waals surface area (Å²) in [4.78, 5) is 0. The van der Waals surface area contributed by atoms with Crippen molar-refractivity contribution in [3.63, 3.8) is 0 Å². The third-order valence-corrected chi connectivity index (χ3v) is 2.50. The molecule has 0 aliphatic rings. The van der Waals surface area contributed by atoms with Gasteiger partial charge in [-0.15, -0.1) is 0 Å². The lowest BCUT2D eigenvalue weighted by Gasteiger charge is -1.99. The number of aryl methyl sites for hydroxylation is 2. The standard InChI is InChI=1S/C14H14N2/c1-11-7-3-5-9-13(11)15-16-14-10-6-4-8-12(14)2/h3-10H,1-2H3/b16-15+. The van der Waals surface area contributed by atoms with Crippen LogP contribution < -0.4 is 0 Å². The Morgan fingerprint density at radius 1 is 0.625 bits per heavy atom. The fourth-order valence-electron chi connectivity index (χ4n) is 1.46. The number of azo groups is 1. The lowest BCUT2D eigenvalue weighted by atomic mass is 10.2. The van der Waals surface area contributed by atoms with Crippen LogP contribution in [-0.4, -0.2) is 0 Å². The fraction of sp³-hybridized carbons (Fsp3) is 0.143. The second kappa shape index (κ2) is 4.71. The lowest BCUT2D eigenvalue weighted by Crippen LogP contribution is -1.73. The topological polar surface area (TPSA) is 24.7 Å². The monoisotopic (exact) mass is 210 g/mol. The predicted molar refractivity (Wildman–Crippen MR) is 66.5 cm³/mol. The van der Waals surface area contributed by atoms with Crippen LogP contribution in [0.4, 0.5) is 11.4 Å². The molecule has 0 aromatic heterocycles. The Balaban J connectivity index is 2.29. The van der Waals surface area contributed by atoms with Crippen LogP contribution in [0.15, 0.2) is 58.8 Å². The Morgan fingerprint density at radius 3 is 1.38 bits per heavy atom. The zero-order valence-corrected chi connectivity index (χ0v) is 9.51. The summed E-state index contributed by atoms with van der Waals surface area (Å²) < 4.78 is 0. The molecule has 0 atom stereocenters. The van der Waals surface area contributed by atoms with Crippen LogP contribution in [0.5, 0.6) is 0 Å². The highest BCUT2D eigenvalue weighted by Crippen LogP contribution is 2.23. The van der Waals surface area contributed by atoms with Crippen LogP contribution >= 0.6 is 0 Å². The lowest BCUT2D eigenvalue weighted by molar-refractivity contribution is 1.19. The minimum atomic E-state index is 0.922. The molecule has 2 rings (SSSR count). The van der Waals surface area contributed by atoms with Gasteiger partial charge in [-0.3, -0.25) is 0 Å². The first-order valence-electron chi connectivity index (χ1n) is 5.30. The largest absolute Gasteiger partial charge is 0.150 e. The van der Waals surface area contributed by atoms with Crippen molar-refractivity contribution >= 4 is 11.4 Å². The van der Waals surface area contributed by atoms with E-state index in [1.54, 1.807) is 0 Å². The summed E-state index contributed by atoms with van der Waals surface area (Å²) in [5, 5.41) is 8.52. The molecule has 2 nitrogen and oxygen atoms in total. The minimum Gasteiger partial charge on any atom is -0.150 e. The molecule has 0 bridgehead atoms. The summed E-state index contributed by atoms with van der Waals surface area (Å²) in [6.45, 7) is 4.07. The molecule has 0 aliphatic carbocycles. The number of nitrogens with zero attached hydrogens (tertiary/aromatic N) is 2. The first-order chi connectivity index (χ1) is 7.77. The van der Waals surface area contributed by atoms with Crippen molar-refractivity contribution in [1.82, 2.24) is 0 Å². The zero-order valence-electron chi connectivity index (χ0n) is 9.51. The molecule has 16 heavy (non-hydrogen) atoms. The molecule has 0 N–H and O–H groups in total. The number of hydrogen-bond donors (Lipinski definition) is 0. The predicted octanol–water partition coefficient (Wildman–Crippen LogP) is 4.72. The van der Waals surface area contributed by atoms with Crippen LogP contribution in [0.2, 0.25) is 0 Å². The van der Waals surface area contributed by atoms with Crippen LogP contribution in [-0.2, 0) is 0 Å². The van der Waals surface area contributed by atoms with E-state index < -0.39 is 0 Å². The van der Waals surface area contributed by atoms with Gasteiger partial charge in [0, 0.05) is 0 Å². The molecule has 0 heterocycles. The van der Waals surface area contributed by atoms with Crippen molar-refractivity contribution < 1.29 is 0 Å². The van der Waals surface area contributed by atoms with Gasteiger partial charge in [-0.1, -0.05) is 36.4 Å². The maximum absolute atomic E-state index is 4.26. The summed E-state index contributed by atoms with van der Waals surface area (Å²) in [5.74, 6) is 0. The van der Waals surface area contributed by atoms with Crippen molar-refractivity contribution in [2.24, 2.45) is 10.2 Å². The smallest absolute Gasteiger partial charge is 0.0886 e. The van der Waals surface area contributed by atoms with E-state index in [9.17, 15) is 0 Å². The van der Waals surface area contributed by atoms with E-state index in [0.29, 0.717) is 0 Å². The van der Waals surface area contributed by atoms with Gasteiger partial charge in [-0.2, -0.15) is 10.2 Å². The Morgan fingerprint density at radius 2 is 1.00 bits per heavy atom. The SMILES string of the molecule is Cc1ccccc1/N=N/c1ccccc1C. The summed E-state index contributed by atoms with van der Waals surface area (Å²) in [5.41, 5.74) is 4.12. The zero-order chi connectivity index (χ0) is 11.4. The van der Waals surface area contributed by atoms with Gasteiger partial charge in [0.1, 0.15) is 0 Å². The van der Waals surface area contributed by atoms with Crippen LogP contribution in [0.3, 0.4) is 0 Å². The van der Waals surface area contributed by atoms with Crippen molar-refractivity contribution in [1.29, 1.82) is 0 Å². The molecule has 2 aromatic carbocycles. The summed E-state index contributed by atoms with van der Waals surface area (Å²) in [6.07, 6.45) is 0. The normalized spacial score (nSPS) is 10.9. The first kappa shape index (κ1) is 10.6. The van der Waals surface area contributed by atoms with Gasteiger partial charge in [0.25, 0.3) is 0 Å². The number of hydrogen-bond acceptors (Lipinski definition) is 2. The van der Waals surface area contributed by atoms with Crippen LogP contribution in [0, 0.1) is 13.8 Å². The number of rotatable bonds is 2. The molecule has 0 unspecified atom stereocenters. The number of benzene rings is 2. The molecule has 0 radical (unpaired) electrons. The summed E-state index contributed by atoms with van der Waals surface area (Å²) in [7, 11) is 0. The third-order valence-electron chi connectivity index (χ3n) is 2.50. The van der Waals surface area contributed by atoms with Gasteiger partial charge in [-0.05, 0) is 37.1 Å². The van der Waals surface area contributed by atoms with E-state index in [1.165, 1.54) is 0 Å². The van der Waals surface area contributed by atoms with E-state index in [-0.39, 0.29) is 0 Å². The Labute approximate surface area is 95.7 Å². The van der Waals surface area contributed by atoms with E-state index in [4.69, 9.17) is 0 Å². The second-order valence-electron chi connectivity index (χ2n) is 3.77. The van der Waals surface area contributed by atoms with Crippen LogP contribution in [0.25, 0.3) is 0 Å². The van der Waals surface area contributed by atoms with Gasteiger partial charge in [0.05, 0.1) is 11.4 Å². The summed E-state index contributed by atoms with van der Waals surface area (Å²) >= 11 is 0. The van der Waals surface area contributed by atoms with E-state index in [2.05, 4.69) is 10.2 Å². The summed E-state index contributed by atoms with van der Waals surface area (Å²) in [6, 6.07) is 16.0. The molecule has 2 heteroatoms. The van der Waals surface area contributed by atoms with Crippen molar-refractivity contribution in [3.8, 4) is 0 Å². The van der Waals surface area contributed by atoms with Crippen molar-refractivity contribution in [2.75, 3.05) is 0 Å². The highest BCUT2D eigenvalue weighted by molar-refractivity contribution is 5.47. The van der Waals surface area contributed by atoms with Crippen molar-refractivity contribution in [2.45, 2.75) is 13.8 Å². The highest BCUT2D eigenvalue weighted by atomic mass is 15.1. The molecule has 80 valence electrons. The van der Waals surface area contributed by atoms with E-state index in [0.717, 1.165) is 22.5 Å². The molecule has 0 aliphatic heterocycles. The van der Waals surface area contributed by atoms with Gasteiger partial charge < -0.3 is 0 Å². The molecule has 0 spiro atoms. The highest BCUT2D eigenvalue weighted by Gasteiger charge is 1.96. The molecular formula is C14H14N2. The molecule has 0 saturated heterocycles. The average Bonchev–Trinajstić information content (AvgIpc) is 2.30. The second-order valence-corrected chi connectivity index (χ2v) is 3.77. The van der Waals surface area contributed by atoms with Crippen molar-refractivity contribution in [3.05, 3.63) is 59.7 Å². The van der Waals surface area contributed by atoms with E-state index in [1.807, 2.05) is 62.4 Å². The van der Waals surface area contributed by atoms with E-state index >= 15 is 0 Å². The molecule has 2 aromatic rings. The maximum Gasteiger partial charge on any atom is 0.0886 e. The Hall–Kier alpha value is -1.96. The Kier molecular flexibility index (Phi) is 3.10.